The molecule has 0 fully saturated rings. The molecule has 0 radical (unpaired) electrons. The average molecular weight is 349 g/mol. The Bertz CT molecular complexity index is 788. The Hall–Kier alpha value is -2.02. The molecule has 0 atom stereocenters. The van der Waals surface area contributed by atoms with E-state index in [4.69, 9.17) is 0 Å². The van der Waals surface area contributed by atoms with Crippen LogP contribution in [0.3, 0.4) is 0 Å². The minimum Gasteiger partial charge on any atom is -0.247 e. The fraction of sp³-hybridized carbons (Fsp3) is 0.125. The maximum absolute atomic E-state index is 13.2. The minimum atomic E-state index is -4.46. The van der Waals surface area contributed by atoms with Crippen LogP contribution in [0.25, 0.3) is 20.2 Å². The summed E-state index contributed by atoms with van der Waals surface area (Å²) in [6.07, 6.45) is 1.21. The Morgan fingerprint density at radius 1 is 0.913 bits per heavy atom. The Morgan fingerprint density at radius 3 is 1.61 bits per heavy atom. The van der Waals surface area contributed by atoms with Crippen LogP contribution in [0.1, 0.15) is 0 Å². The highest BCUT2D eigenvalue weighted by Crippen LogP contribution is 2.54. The lowest BCUT2D eigenvalue weighted by molar-refractivity contribution is -0.0862. The zero-order valence-electron chi connectivity index (χ0n) is 11.6. The third kappa shape index (κ3) is 3.50. The van der Waals surface area contributed by atoms with Gasteiger partial charge in [-0.05, 0) is 24.3 Å². The highest BCUT2D eigenvalue weighted by molar-refractivity contribution is 7.43. The Morgan fingerprint density at radius 2 is 1.30 bits per heavy atom. The van der Waals surface area contributed by atoms with Gasteiger partial charge in [-0.15, -0.1) is 19.8 Å². The third-order valence-electron chi connectivity index (χ3n) is 2.95. The SMILES string of the molecule is C=CCF.Fc1ccc2c(c1)c1cc(F)ccc1[s+]2C(F)(F)F. The van der Waals surface area contributed by atoms with Crippen LogP contribution in [0.15, 0.2) is 49.1 Å². The summed E-state index contributed by atoms with van der Waals surface area (Å²) in [5.74, 6) is -1.27. The van der Waals surface area contributed by atoms with Gasteiger partial charge >= 0.3 is 5.51 Å². The van der Waals surface area contributed by atoms with E-state index in [1.807, 2.05) is 0 Å². The molecule has 0 aliphatic heterocycles. The summed E-state index contributed by atoms with van der Waals surface area (Å²) in [4.78, 5) is 0. The molecule has 23 heavy (non-hydrogen) atoms. The van der Waals surface area contributed by atoms with Crippen molar-refractivity contribution in [3.05, 3.63) is 60.7 Å². The first-order valence-electron chi connectivity index (χ1n) is 6.37. The molecule has 0 N–H and O–H groups in total. The number of benzene rings is 2. The van der Waals surface area contributed by atoms with Gasteiger partial charge in [-0.25, -0.2) is 13.2 Å². The molecule has 0 aliphatic rings. The Labute approximate surface area is 130 Å². The van der Waals surface area contributed by atoms with Gasteiger partial charge in [0.1, 0.15) is 28.8 Å². The lowest BCUT2D eigenvalue weighted by Crippen LogP contribution is -1.95. The van der Waals surface area contributed by atoms with Gasteiger partial charge in [-0.2, -0.15) is 0 Å². The van der Waals surface area contributed by atoms with Crippen molar-refractivity contribution in [2.75, 3.05) is 6.67 Å². The summed E-state index contributed by atoms with van der Waals surface area (Å²) in [5.41, 5.74) is -4.46. The summed E-state index contributed by atoms with van der Waals surface area (Å²) < 4.78 is 76.4. The molecule has 0 aliphatic carbocycles. The smallest absolute Gasteiger partial charge is 0.247 e. The van der Waals surface area contributed by atoms with E-state index in [1.165, 1.54) is 6.08 Å². The molecular formula is C16H11F6S+. The first-order chi connectivity index (χ1) is 10.8. The second-order valence-corrected chi connectivity index (χ2v) is 6.43. The van der Waals surface area contributed by atoms with Crippen LogP contribution in [0.4, 0.5) is 26.3 Å². The van der Waals surface area contributed by atoms with Gasteiger partial charge < -0.3 is 0 Å². The van der Waals surface area contributed by atoms with Crippen LogP contribution in [-0.4, -0.2) is 6.67 Å². The number of thiophene rings is 1. The number of hydrogen-bond acceptors (Lipinski definition) is 0. The zero-order valence-corrected chi connectivity index (χ0v) is 12.4. The number of rotatable bonds is 1. The lowest BCUT2D eigenvalue weighted by atomic mass is 10.1. The summed E-state index contributed by atoms with van der Waals surface area (Å²) in [5, 5.41) is 0.241. The summed E-state index contributed by atoms with van der Waals surface area (Å²) in [6.45, 7) is 2.69. The quantitative estimate of drug-likeness (QED) is 0.262. The Balaban J connectivity index is 0.000000433. The molecule has 122 valence electrons. The fourth-order valence-electron chi connectivity index (χ4n) is 2.15. The molecule has 3 rings (SSSR count). The van der Waals surface area contributed by atoms with Gasteiger partial charge in [0.05, 0.1) is 10.8 Å². The number of allylic oxidation sites excluding steroid dienone is 1. The third-order valence-corrected chi connectivity index (χ3v) is 5.01. The largest absolute Gasteiger partial charge is 0.601 e. The van der Waals surface area contributed by atoms with Gasteiger partial charge in [0, 0.05) is 12.1 Å². The Kier molecular flexibility index (Phi) is 4.99. The van der Waals surface area contributed by atoms with Gasteiger partial charge in [-0.3, -0.25) is 0 Å². The van der Waals surface area contributed by atoms with Crippen molar-refractivity contribution >= 4 is 30.6 Å². The number of alkyl halides is 4. The molecule has 0 amide bonds. The van der Waals surface area contributed by atoms with Crippen molar-refractivity contribution in [1.82, 2.24) is 0 Å². The van der Waals surface area contributed by atoms with Crippen molar-refractivity contribution in [2.45, 2.75) is 5.51 Å². The van der Waals surface area contributed by atoms with E-state index in [1.54, 1.807) is 0 Å². The van der Waals surface area contributed by atoms with Gasteiger partial charge in [0.2, 0.25) is 0 Å². The first kappa shape index (κ1) is 17.3. The van der Waals surface area contributed by atoms with Crippen molar-refractivity contribution in [2.24, 2.45) is 0 Å². The molecule has 1 aromatic heterocycles. The lowest BCUT2D eigenvalue weighted by Gasteiger charge is -1.96. The number of hydrogen-bond donors (Lipinski definition) is 0. The highest BCUT2D eigenvalue weighted by atomic mass is 32.2. The van der Waals surface area contributed by atoms with Crippen molar-refractivity contribution in [3.8, 4) is 0 Å². The van der Waals surface area contributed by atoms with Crippen LogP contribution < -0.4 is 0 Å². The van der Waals surface area contributed by atoms with Gasteiger partial charge in [0.15, 0.2) is 9.40 Å². The predicted octanol–water partition coefficient (Wildman–Crippen LogP) is 6.64. The van der Waals surface area contributed by atoms with E-state index < -0.39 is 34.3 Å². The van der Waals surface area contributed by atoms with E-state index in [9.17, 15) is 26.3 Å². The topological polar surface area (TPSA) is 0 Å². The molecule has 3 aromatic rings. The molecular weight excluding hydrogens is 338 g/mol. The molecule has 0 saturated carbocycles. The van der Waals surface area contributed by atoms with Crippen LogP contribution in [0.2, 0.25) is 0 Å². The molecule has 1 heterocycles. The number of fused-ring (bicyclic) bond motifs is 3. The second-order valence-electron chi connectivity index (χ2n) is 4.48. The van der Waals surface area contributed by atoms with Crippen LogP contribution in [0.5, 0.6) is 0 Å². The van der Waals surface area contributed by atoms with Gasteiger partial charge in [0.25, 0.3) is 0 Å². The minimum absolute atomic E-state index is 0.00509. The zero-order chi connectivity index (χ0) is 17.2. The maximum Gasteiger partial charge on any atom is 0.601 e. The first-order valence-corrected chi connectivity index (χ1v) is 7.59. The summed E-state index contributed by atoms with van der Waals surface area (Å²) in [6, 6.07) is 6.27. The fourth-order valence-corrected chi connectivity index (χ4v) is 4.07. The van der Waals surface area contributed by atoms with E-state index in [2.05, 4.69) is 6.58 Å². The van der Waals surface area contributed by atoms with Crippen LogP contribution in [0, 0.1) is 11.6 Å². The molecule has 7 heteroatoms. The van der Waals surface area contributed by atoms with Gasteiger partial charge in [-0.1, -0.05) is 6.08 Å². The second kappa shape index (κ2) is 6.62. The maximum atomic E-state index is 13.2. The van der Waals surface area contributed by atoms with E-state index in [-0.39, 0.29) is 20.2 Å². The van der Waals surface area contributed by atoms with Crippen molar-refractivity contribution in [1.29, 1.82) is 0 Å². The molecule has 0 bridgehead atoms. The van der Waals surface area contributed by atoms with E-state index in [0.29, 0.717) is 0 Å². The van der Waals surface area contributed by atoms with E-state index in [0.717, 1.165) is 36.4 Å². The van der Waals surface area contributed by atoms with Crippen LogP contribution in [-0.2, 0) is 5.51 Å². The monoisotopic (exact) mass is 349 g/mol. The van der Waals surface area contributed by atoms with Crippen molar-refractivity contribution < 1.29 is 26.3 Å². The molecule has 0 saturated heterocycles. The number of halogens is 6. The average Bonchev–Trinajstić information content (AvgIpc) is 2.80. The summed E-state index contributed by atoms with van der Waals surface area (Å²) >= 11 is 0. The normalized spacial score (nSPS) is 11.4. The molecule has 2 aromatic carbocycles. The highest BCUT2D eigenvalue weighted by Gasteiger charge is 2.47. The molecule has 0 unspecified atom stereocenters. The summed E-state index contributed by atoms with van der Waals surface area (Å²) in [7, 11) is -2.14. The standard InChI is InChI=1S/C13H6F5S.C3H5F/c14-7-1-3-11-9(5-7)10-6-8(15)2-4-12(10)19(11)13(16,17)18;1-2-3-4/h1-6H;2H,1,3H2/q+1;. The van der Waals surface area contributed by atoms with Crippen LogP contribution >= 0.6 is 10.5 Å². The van der Waals surface area contributed by atoms with Crippen molar-refractivity contribution in [3.63, 3.8) is 0 Å². The predicted molar refractivity (Wildman–Crippen MR) is 81.3 cm³/mol. The molecule has 0 nitrogen and oxygen atoms in total. The van der Waals surface area contributed by atoms with E-state index >= 15 is 0 Å². The molecule has 0 spiro atoms.